The maximum absolute atomic E-state index is 13.4. The van der Waals surface area contributed by atoms with Crippen LogP contribution in [0.4, 0.5) is 5.69 Å². The van der Waals surface area contributed by atoms with Crippen LogP contribution in [0.15, 0.2) is 60.8 Å². The Labute approximate surface area is 206 Å². The third kappa shape index (κ3) is 4.55. The van der Waals surface area contributed by atoms with E-state index in [1.807, 2.05) is 17.0 Å². The number of aromatic nitrogens is 1. The number of ether oxygens (including phenoxy) is 1. The summed E-state index contributed by atoms with van der Waals surface area (Å²) in [6, 6.07) is 18.1. The SMILES string of the molecule is Cc1ccc(OCCN2CCC3(CC2)CN(C(=O)c2ccnc(Cl)c2)c2ccc(C)cc23)cc1. The Morgan fingerprint density at radius 3 is 2.50 bits per heavy atom. The summed E-state index contributed by atoms with van der Waals surface area (Å²) in [7, 11) is 0. The fourth-order valence-corrected chi connectivity index (χ4v) is 5.39. The topological polar surface area (TPSA) is 45.7 Å². The summed E-state index contributed by atoms with van der Waals surface area (Å²) < 4.78 is 5.95. The number of hydrogen-bond donors (Lipinski definition) is 0. The van der Waals surface area contributed by atoms with Crippen molar-refractivity contribution >= 4 is 23.2 Å². The van der Waals surface area contributed by atoms with E-state index in [-0.39, 0.29) is 11.3 Å². The van der Waals surface area contributed by atoms with Crippen molar-refractivity contribution in [3.8, 4) is 5.75 Å². The molecule has 0 bridgehead atoms. The maximum Gasteiger partial charge on any atom is 0.258 e. The summed E-state index contributed by atoms with van der Waals surface area (Å²) in [5, 5.41) is 0.338. The van der Waals surface area contributed by atoms with Crippen LogP contribution in [0, 0.1) is 13.8 Å². The number of hydrogen-bond acceptors (Lipinski definition) is 4. The first-order chi connectivity index (χ1) is 16.4. The van der Waals surface area contributed by atoms with Gasteiger partial charge in [0.25, 0.3) is 5.91 Å². The number of carbonyl (C=O) groups is 1. The van der Waals surface area contributed by atoms with Gasteiger partial charge in [0.05, 0.1) is 0 Å². The molecule has 0 N–H and O–H groups in total. The zero-order valence-electron chi connectivity index (χ0n) is 19.8. The molecule has 0 radical (unpaired) electrons. The van der Waals surface area contributed by atoms with Crippen molar-refractivity contribution < 1.29 is 9.53 Å². The molecule has 2 aromatic carbocycles. The molecule has 0 atom stereocenters. The van der Waals surface area contributed by atoms with E-state index in [2.05, 4.69) is 54.1 Å². The number of anilines is 1. The van der Waals surface area contributed by atoms with E-state index in [0.29, 0.717) is 23.9 Å². The fourth-order valence-electron chi connectivity index (χ4n) is 5.21. The highest BCUT2D eigenvalue weighted by Crippen LogP contribution is 2.47. The van der Waals surface area contributed by atoms with Gasteiger partial charge in [0.15, 0.2) is 0 Å². The van der Waals surface area contributed by atoms with Crippen LogP contribution >= 0.6 is 11.6 Å². The Morgan fingerprint density at radius 2 is 1.76 bits per heavy atom. The Kier molecular flexibility index (Phi) is 6.32. The largest absolute Gasteiger partial charge is 0.492 e. The van der Waals surface area contributed by atoms with Crippen LogP contribution in [0.2, 0.25) is 5.15 Å². The van der Waals surface area contributed by atoms with Crippen LogP contribution < -0.4 is 9.64 Å². The molecular weight excluding hydrogens is 446 g/mol. The monoisotopic (exact) mass is 475 g/mol. The second-order valence-corrected chi connectivity index (χ2v) is 9.95. The highest BCUT2D eigenvalue weighted by atomic mass is 35.5. The Balaban J connectivity index is 1.28. The molecule has 34 heavy (non-hydrogen) atoms. The van der Waals surface area contributed by atoms with Crippen LogP contribution in [-0.2, 0) is 5.41 Å². The number of likely N-dealkylation sites (tertiary alicyclic amines) is 1. The number of piperidine rings is 1. The summed E-state index contributed by atoms with van der Waals surface area (Å²) in [4.78, 5) is 21.9. The molecule has 3 heterocycles. The van der Waals surface area contributed by atoms with Crippen molar-refractivity contribution in [1.82, 2.24) is 9.88 Å². The van der Waals surface area contributed by atoms with E-state index in [4.69, 9.17) is 16.3 Å². The number of amides is 1. The van der Waals surface area contributed by atoms with E-state index in [1.54, 1.807) is 18.3 Å². The Morgan fingerprint density at radius 1 is 1.03 bits per heavy atom. The molecule has 1 saturated heterocycles. The van der Waals surface area contributed by atoms with Gasteiger partial charge in [-0.2, -0.15) is 0 Å². The predicted octanol–water partition coefficient (Wildman–Crippen LogP) is 5.42. The first-order valence-electron chi connectivity index (χ1n) is 11.9. The van der Waals surface area contributed by atoms with Gasteiger partial charge in [0, 0.05) is 36.0 Å². The molecule has 2 aliphatic heterocycles. The smallest absolute Gasteiger partial charge is 0.258 e. The molecule has 5 nitrogen and oxygen atoms in total. The van der Waals surface area contributed by atoms with Gasteiger partial charge in [-0.25, -0.2) is 4.98 Å². The highest BCUT2D eigenvalue weighted by molar-refractivity contribution is 6.29. The van der Waals surface area contributed by atoms with Gasteiger partial charge in [-0.15, -0.1) is 0 Å². The lowest BCUT2D eigenvalue weighted by Gasteiger charge is -2.40. The number of fused-ring (bicyclic) bond motifs is 2. The Bertz CT molecular complexity index is 1190. The van der Waals surface area contributed by atoms with Gasteiger partial charge in [0.2, 0.25) is 0 Å². The number of carbonyl (C=O) groups excluding carboxylic acids is 1. The van der Waals surface area contributed by atoms with Gasteiger partial charge < -0.3 is 9.64 Å². The fraction of sp³-hybridized carbons (Fsp3) is 0.357. The van der Waals surface area contributed by atoms with Crippen LogP contribution in [0.25, 0.3) is 0 Å². The minimum absolute atomic E-state index is 0.0118. The standard InChI is InChI=1S/C28H30ClN3O2/c1-20-3-6-23(7-4-20)34-16-15-31-13-10-28(11-14-31)19-32(25-8-5-21(2)17-24(25)28)27(33)22-9-12-30-26(29)18-22/h3-9,12,17-18H,10-11,13-16,19H2,1-2H3. The molecule has 6 heteroatoms. The summed E-state index contributed by atoms with van der Waals surface area (Å²) >= 11 is 6.06. The number of halogens is 1. The summed E-state index contributed by atoms with van der Waals surface area (Å²) in [5.74, 6) is 0.907. The van der Waals surface area contributed by atoms with Gasteiger partial charge in [-0.3, -0.25) is 9.69 Å². The minimum atomic E-state index is -0.0137. The Hall–Kier alpha value is -2.89. The van der Waals surface area contributed by atoms with Crippen LogP contribution in [-0.4, -0.2) is 48.6 Å². The third-order valence-electron chi connectivity index (χ3n) is 7.20. The number of benzene rings is 2. The first kappa shape index (κ1) is 22.9. The average Bonchev–Trinajstić information content (AvgIpc) is 3.14. The number of rotatable bonds is 5. The van der Waals surface area contributed by atoms with E-state index in [9.17, 15) is 4.79 Å². The first-order valence-corrected chi connectivity index (χ1v) is 12.3. The van der Waals surface area contributed by atoms with Crippen molar-refractivity contribution in [3.05, 3.63) is 88.2 Å². The van der Waals surface area contributed by atoms with Gasteiger partial charge in [0.1, 0.15) is 17.5 Å². The normalized spacial score (nSPS) is 17.1. The lowest BCUT2D eigenvalue weighted by molar-refractivity contribution is 0.0974. The van der Waals surface area contributed by atoms with Crippen molar-refractivity contribution in [3.63, 3.8) is 0 Å². The molecule has 1 fully saturated rings. The van der Waals surface area contributed by atoms with Gasteiger partial charge >= 0.3 is 0 Å². The second kappa shape index (κ2) is 9.40. The number of nitrogens with zero attached hydrogens (tertiary/aromatic N) is 3. The predicted molar refractivity (Wildman–Crippen MR) is 136 cm³/mol. The molecule has 3 aromatic rings. The quantitative estimate of drug-likeness (QED) is 0.462. The van der Waals surface area contributed by atoms with Crippen molar-refractivity contribution in [1.29, 1.82) is 0 Å². The van der Waals surface area contributed by atoms with Crippen LogP contribution in [0.5, 0.6) is 5.75 Å². The van der Waals surface area contributed by atoms with E-state index >= 15 is 0 Å². The maximum atomic E-state index is 13.4. The lowest BCUT2D eigenvalue weighted by Crippen LogP contribution is -2.47. The van der Waals surface area contributed by atoms with E-state index in [1.165, 1.54) is 16.7 Å². The zero-order valence-corrected chi connectivity index (χ0v) is 20.5. The van der Waals surface area contributed by atoms with E-state index in [0.717, 1.165) is 43.9 Å². The average molecular weight is 476 g/mol. The van der Waals surface area contributed by atoms with Gasteiger partial charge in [-0.05, 0) is 75.7 Å². The molecule has 5 rings (SSSR count). The number of aryl methyl sites for hydroxylation is 2. The molecule has 176 valence electrons. The van der Waals surface area contributed by atoms with Crippen molar-refractivity contribution in [2.75, 3.05) is 37.7 Å². The molecule has 1 amide bonds. The van der Waals surface area contributed by atoms with Crippen molar-refractivity contribution in [2.45, 2.75) is 32.1 Å². The summed E-state index contributed by atoms with van der Waals surface area (Å²) in [6.07, 6.45) is 3.64. The molecule has 0 unspecified atom stereocenters. The molecule has 0 aliphatic carbocycles. The lowest BCUT2D eigenvalue weighted by atomic mass is 9.74. The highest BCUT2D eigenvalue weighted by Gasteiger charge is 2.46. The van der Waals surface area contributed by atoms with Crippen molar-refractivity contribution in [2.24, 2.45) is 0 Å². The van der Waals surface area contributed by atoms with Gasteiger partial charge in [-0.1, -0.05) is 47.0 Å². The molecule has 1 aromatic heterocycles. The van der Waals surface area contributed by atoms with Crippen LogP contribution in [0.3, 0.4) is 0 Å². The molecular formula is C28H30ClN3O2. The summed E-state index contributed by atoms with van der Waals surface area (Å²) in [6.45, 7) is 8.48. The second-order valence-electron chi connectivity index (χ2n) is 9.56. The summed E-state index contributed by atoms with van der Waals surface area (Å²) in [5.41, 5.74) is 5.36. The molecule has 0 saturated carbocycles. The minimum Gasteiger partial charge on any atom is -0.492 e. The van der Waals surface area contributed by atoms with Crippen LogP contribution in [0.1, 0.15) is 39.9 Å². The number of pyridine rings is 1. The molecule has 2 aliphatic rings. The van der Waals surface area contributed by atoms with E-state index < -0.39 is 0 Å². The zero-order chi connectivity index (χ0) is 23.7. The third-order valence-corrected chi connectivity index (χ3v) is 7.41. The molecule has 1 spiro atoms.